The van der Waals surface area contributed by atoms with Crippen molar-refractivity contribution in [2.45, 2.75) is 20.3 Å². The number of nitrogen functional groups attached to an aromatic ring is 1. The molecule has 4 heteroatoms. The second-order valence-electron chi connectivity index (χ2n) is 4.24. The molecule has 1 heterocycles. The number of hydrogen-bond donors (Lipinski definition) is 1. The highest BCUT2D eigenvalue weighted by Crippen LogP contribution is 2.32. The third-order valence-electron chi connectivity index (χ3n) is 2.55. The molecule has 0 saturated heterocycles. The number of pyridine rings is 1. The molecule has 19 heavy (non-hydrogen) atoms. The van der Waals surface area contributed by atoms with Gasteiger partial charge in [0, 0.05) is 5.69 Å². The summed E-state index contributed by atoms with van der Waals surface area (Å²) in [7, 11) is 0. The van der Waals surface area contributed by atoms with Crippen LogP contribution < -0.4 is 15.2 Å². The average Bonchev–Trinajstić information content (AvgIpc) is 2.42. The molecule has 0 spiro atoms. The quantitative estimate of drug-likeness (QED) is 0.891. The standard InChI is InChI=1S/C15H18N2O2/c1-3-10-18-13-6-4-5-7-14(13)19-15-12(16)9-8-11(2)17-15/h4-9H,3,10,16H2,1-2H3. The molecule has 0 aliphatic heterocycles. The fraction of sp³-hybridized carbons (Fsp3) is 0.267. The summed E-state index contributed by atoms with van der Waals surface area (Å²) in [5.74, 6) is 1.74. The molecule has 4 nitrogen and oxygen atoms in total. The molecule has 2 aromatic rings. The number of hydrogen-bond acceptors (Lipinski definition) is 4. The van der Waals surface area contributed by atoms with Crippen molar-refractivity contribution in [3.8, 4) is 17.4 Å². The zero-order chi connectivity index (χ0) is 13.7. The number of nitrogens with two attached hydrogens (primary N) is 1. The largest absolute Gasteiger partial charge is 0.490 e. The molecular formula is C15H18N2O2. The second kappa shape index (κ2) is 6.09. The van der Waals surface area contributed by atoms with Gasteiger partial charge in [0.25, 0.3) is 0 Å². The number of aromatic nitrogens is 1. The van der Waals surface area contributed by atoms with E-state index >= 15 is 0 Å². The zero-order valence-corrected chi connectivity index (χ0v) is 11.2. The van der Waals surface area contributed by atoms with Crippen molar-refractivity contribution in [3.63, 3.8) is 0 Å². The van der Waals surface area contributed by atoms with Gasteiger partial charge in [-0.15, -0.1) is 0 Å². The molecule has 0 bridgehead atoms. The minimum absolute atomic E-state index is 0.410. The molecule has 0 amide bonds. The number of para-hydroxylation sites is 2. The molecule has 0 unspecified atom stereocenters. The summed E-state index contributed by atoms with van der Waals surface area (Å²) in [5, 5.41) is 0. The molecule has 0 saturated carbocycles. The number of benzene rings is 1. The Kier molecular flexibility index (Phi) is 4.23. The van der Waals surface area contributed by atoms with Crippen LogP contribution in [0.5, 0.6) is 17.4 Å². The molecule has 0 fully saturated rings. The lowest BCUT2D eigenvalue weighted by Crippen LogP contribution is -2.00. The summed E-state index contributed by atoms with van der Waals surface area (Å²) in [5.41, 5.74) is 7.23. The van der Waals surface area contributed by atoms with Gasteiger partial charge >= 0.3 is 0 Å². The Bertz CT molecular complexity index is 556. The second-order valence-corrected chi connectivity index (χ2v) is 4.24. The predicted molar refractivity (Wildman–Crippen MR) is 75.7 cm³/mol. The molecule has 1 aromatic heterocycles. The minimum atomic E-state index is 0.410. The number of nitrogens with zero attached hydrogens (tertiary/aromatic N) is 1. The lowest BCUT2D eigenvalue weighted by Gasteiger charge is -2.12. The Balaban J connectivity index is 2.25. The van der Waals surface area contributed by atoms with E-state index < -0.39 is 0 Å². The Morgan fingerprint density at radius 2 is 1.84 bits per heavy atom. The maximum Gasteiger partial charge on any atom is 0.243 e. The molecule has 0 aliphatic rings. The van der Waals surface area contributed by atoms with Crippen LogP contribution in [-0.2, 0) is 0 Å². The van der Waals surface area contributed by atoms with Gasteiger partial charge in [0.15, 0.2) is 11.5 Å². The van der Waals surface area contributed by atoms with Crippen molar-refractivity contribution in [1.29, 1.82) is 0 Å². The summed E-state index contributed by atoms with van der Waals surface area (Å²) in [4.78, 5) is 4.29. The Morgan fingerprint density at radius 3 is 2.58 bits per heavy atom. The number of ether oxygens (including phenoxy) is 2. The third-order valence-corrected chi connectivity index (χ3v) is 2.55. The third kappa shape index (κ3) is 3.37. The van der Waals surface area contributed by atoms with Crippen LogP contribution in [0.3, 0.4) is 0 Å². The van der Waals surface area contributed by atoms with E-state index in [1.54, 1.807) is 6.07 Å². The van der Waals surface area contributed by atoms with E-state index in [2.05, 4.69) is 11.9 Å². The van der Waals surface area contributed by atoms with E-state index in [1.807, 2.05) is 37.3 Å². The van der Waals surface area contributed by atoms with Crippen molar-refractivity contribution >= 4 is 5.69 Å². The van der Waals surface area contributed by atoms with Gasteiger partial charge in [0.1, 0.15) is 0 Å². The van der Waals surface area contributed by atoms with Crippen LogP contribution in [-0.4, -0.2) is 11.6 Å². The smallest absolute Gasteiger partial charge is 0.243 e. The van der Waals surface area contributed by atoms with E-state index in [-0.39, 0.29) is 0 Å². The number of rotatable bonds is 5. The first-order valence-electron chi connectivity index (χ1n) is 6.33. The van der Waals surface area contributed by atoms with Gasteiger partial charge in [-0.2, -0.15) is 0 Å². The van der Waals surface area contributed by atoms with Crippen molar-refractivity contribution in [2.75, 3.05) is 12.3 Å². The van der Waals surface area contributed by atoms with Gasteiger partial charge in [-0.25, -0.2) is 4.98 Å². The molecule has 0 radical (unpaired) electrons. The normalized spacial score (nSPS) is 10.2. The van der Waals surface area contributed by atoms with Crippen molar-refractivity contribution in [1.82, 2.24) is 4.98 Å². The van der Waals surface area contributed by atoms with Crippen LogP contribution >= 0.6 is 0 Å². The molecular weight excluding hydrogens is 240 g/mol. The Labute approximate surface area is 113 Å². The van der Waals surface area contributed by atoms with Crippen LogP contribution in [0.15, 0.2) is 36.4 Å². The van der Waals surface area contributed by atoms with Gasteiger partial charge < -0.3 is 15.2 Å². The highest BCUT2D eigenvalue weighted by Gasteiger charge is 2.09. The van der Waals surface area contributed by atoms with Gasteiger partial charge in [0.2, 0.25) is 5.88 Å². The van der Waals surface area contributed by atoms with E-state index in [4.69, 9.17) is 15.2 Å². The van der Waals surface area contributed by atoms with Gasteiger partial charge in [-0.05, 0) is 37.6 Å². The molecule has 0 aliphatic carbocycles. The first-order chi connectivity index (χ1) is 9.20. The summed E-state index contributed by atoms with van der Waals surface area (Å²) < 4.78 is 11.4. The van der Waals surface area contributed by atoms with Gasteiger partial charge in [0.05, 0.1) is 12.3 Å². The van der Waals surface area contributed by atoms with Crippen LogP contribution in [0.4, 0.5) is 5.69 Å². The number of aryl methyl sites for hydroxylation is 1. The van der Waals surface area contributed by atoms with Crippen LogP contribution in [0, 0.1) is 6.92 Å². The zero-order valence-electron chi connectivity index (χ0n) is 11.2. The number of anilines is 1. The van der Waals surface area contributed by atoms with Crippen LogP contribution in [0.25, 0.3) is 0 Å². The van der Waals surface area contributed by atoms with Gasteiger partial charge in [-0.3, -0.25) is 0 Å². The first kappa shape index (κ1) is 13.2. The summed E-state index contributed by atoms with van der Waals surface area (Å²) in [6.07, 6.45) is 0.944. The fourth-order valence-corrected chi connectivity index (χ4v) is 1.60. The lowest BCUT2D eigenvalue weighted by atomic mass is 10.3. The van der Waals surface area contributed by atoms with Crippen LogP contribution in [0.1, 0.15) is 19.0 Å². The van der Waals surface area contributed by atoms with E-state index in [1.165, 1.54) is 0 Å². The van der Waals surface area contributed by atoms with E-state index in [0.717, 1.165) is 12.1 Å². The summed E-state index contributed by atoms with van der Waals surface area (Å²) in [6.45, 7) is 4.60. The predicted octanol–water partition coefficient (Wildman–Crippen LogP) is 3.55. The molecule has 2 N–H and O–H groups in total. The van der Waals surface area contributed by atoms with E-state index in [9.17, 15) is 0 Å². The lowest BCUT2D eigenvalue weighted by molar-refractivity contribution is 0.301. The monoisotopic (exact) mass is 258 g/mol. The molecule has 100 valence electrons. The highest BCUT2D eigenvalue weighted by atomic mass is 16.5. The summed E-state index contributed by atoms with van der Waals surface area (Å²) in [6, 6.07) is 11.1. The van der Waals surface area contributed by atoms with Crippen molar-refractivity contribution < 1.29 is 9.47 Å². The van der Waals surface area contributed by atoms with E-state index in [0.29, 0.717) is 29.7 Å². The topological polar surface area (TPSA) is 57.4 Å². The molecule has 1 aromatic carbocycles. The highest BCUT2D eigenvalue weighted by molar-refractivity contribution is 5.51. The summed E-state index contributed by atoms with van der Waals surface area (Å²) >= 11 is 0. The molecule has 2 rings (SSSR count). The van der Waals surface area contributed by atoms with Crippen LogP contribution in [0.2, 0.25) is 0 Å². The minimum Gasteiger partial charge on any atom is -0.490 e. The first-order valence-corrected chi connectivity index (χ1v) is 6.33. The maximum absolute atomic E-state index is 5.86. The fourth-order valence-electron chi connectivity index (χ4n) is 1.60. The van der Waals surface area contributed by atoms with Crippen molar-refractivity contribution in [2.24, 2.45) is 0 Å². The average molecular weight is 258 g/mol. The maximum atomic E-state index is 5.86. The van der Waals surface area contributed by atoms with Crippen molar-refractivity contribution in [3.05, 3.63) is 42.1 Å². The Hall–Kier alpha value is -2.23. The molecule has 0 atom stereocenters. The SMILES string of the molecule is CCCOc1ccccc1Oc1nc(C)ccc1N. The van der Waals surface area contributed by atoms with Gasteiger partial charge in [-0.1, -0.05) is 19.1 Å². The Morgan fingerprint density at radius 1 is 1.11 bits per heavy atom.